The number of hydrogen-bond donors (Lipinski definition) is 2. The minimum atomic E-state index is -3.93. The number of carbonyl (C=O) groups is 1. The monoisotopic (exact) mass is 300 g/mol. The number of primary sulfonamides is 1. The topological polar surface area (TPSA) is 98.5 Å². The van der Waals surface area contributed by atoms with Crippen molar-refractivity contribution in [1.29, 1.82) is 0 Å². The lowest BCUT2D eigenvalue weighted by Crippen LogP contribution is -2.21. The van der Waals surface area contributed by atoms with Crippen molar-refractivity contribution in [2.24, 2.45) is 11.1 Å². The third-order valence-electron chi connectivity index (χ3n) is 3.03. The van der Waals surface area contributed by atoms with Crippen molar-refractivity contribution in [2.75, 3.05) is 12.4 Å². The molecule has 0 saturated carbocycles. The summed E-state index contributed by atoms with van der Waals surface area (Å²) in [5.74, 6) is -0.329. The Morgan fingerprint density at radius 3 is 2.50 bits per heavy atom. The Labute approximate surface area is 119 Å². The quantitative estimate of drug-likeness (QED) is 0.863. The van der Waals surface area contributed by atoms with Crippen LogP contribution in [0.15, 0.2) is 17.0 Å². The Balaban J connectivity index is 3.33. The van der Waals surface area contributed by atoms with Crippen molar-refractivity contribution in [3.8, 4) is 5.75 Å². The lowest BCUT2D eigenvalue weighted by atomic mass is 10.1. The summed E-state index contributed by atoms with van der Waals surface area (Å²) in [5, 5.41) is 7.85. The maximum absolute atomic E-state index is 11.9. The van der Waals surface area contributed by atoms with Gasteiger partial charge in [0, 0.05) is 5.92 Å². The average Bonchev–Trinajstić information content (AvgIpc) is 2.36. The van der Waals surface area contributed by atoms with Crippen LogP contribution in [-0.4, -0.2) is 21.4 Å². The van der Waals surface area contributed by atoms with Crippen LogP contribution in [0.1, 0.15) is 25.8 Å². The van der Waals surface area contributed by atoms with Gasteiger partial charge in [-0.1, -0.05) is 13.8 Å². The molecule has 1 unspecified atom stereocenters. The van der Waals surface area contributed by atoms with Crippen LogP contribution in [-0.2, 0) is 14.8 Å². The van der Waals surface area contributed by atoms with E-state index in [1.165, 1.54) is 13.2 Å². The van der Waals surface area contributed by atoms with E-state index in [1.54, 1.807) is 19.9 Å². The predicted octanol–water partition coefficient (Wildman–Crippen LogP) is 1.64. The van der Waals surface area contributed by atoms with Gasteiger partial charge in [-0.15, -0.1) is 0 Å². The van der Waals surface area contributed by atoms with Crippen LogP contribution in [0.25, 0.3) is 0 Å². The van der Waals surface area contributed by atoms with Gasteiger partial charge in [0.1, 0.15) is 4.90 Å². The maximum Gasteiger partial charge on any atom is 0.241 e. The average molecular weight is 300 g/mol. The van der Waals surface area contributed by atoms with Crippen molar-refractivity contribution in [2.45, 2.75) is 32.1 Å². The molecule has 0 bridgehead atoms. The highest BCUT2D eigenvalue weighted by atomic mass is 32.2. The molecule has 0 fully saturated rings. The Bertz CT molecular complexity index is 611. The van der Waals surface area contributed by atoms with E-state index in [0.717, 1.165) is 0 Å². The lowest BCUT2D eigenvalue weighted by Gasteiger charge is -2.16. The molecule has 1 aromatic rings. The molecule has 0 aromatic heterocycles. The van der Waals surface area contributed by atoms with Crippen LogP contribution in [0.2, 0.25) is 0 Å². The molecule has 7 heteroatoms. The SMILES string of the molecule is CCC(C)C(=O)Nc1cc(C)cc(S(N)(=O)=O)c1OC. The second kappa shape index (κ2) is 6.23. The maximum atomic E-state index is 11.9. The molecule has 0 aliphatic rings. The first-order valence-electron chi connectivity index (χ1n) is 6.23. The van der Waals surface area contributed by atoms with Gasteiger partial charge in [0.2, 0.25) is 15.9 Å². The Morgan fingerprint density at radius 1 is 1.45 bits per heavy atom. The zero-order valence-electron chi connectivity index (χ0n) is 12.1. The molecule has 1 aromatic carbocycles. The Morgan fingerprint density at radius 2 is 2.05 bits per heavy atom. The summed E-state index contributed by atoms with van der Waals surface area (Å²) in [5.41, 5.74) is 0.969. The number of sulfonamides is 1. The number of anilines is 1. The number of hydrogen-bond acceptors (Lipinski definition) is 4. The number of nitrogens with two attached hydrogens (primary N) is 1. The molecule has 1 atom stereocenters. The van der Waals surface area contributed by atoms with E-state index in [1.807, 2.05) is 6.92 Å². The van der Waals surface area contributed by atoms with Crippen molar-refractivity contribution in [1.82, 2.24) is 0 Å². The lowest BCUT2D eigenvalue weighted by molar-refractivity contribution is -0.119. The highest BCUT2D eigenvalue weighted by molar-refractivity contribution is 7.89. The number of amides is 1. The largest absolute Gasteiger partial charge is 0.493 e. The molecular weight excluding hydrogens is 280 g/mol. The fourth-order valence-electron chi connectivity index (χ4n) is 1.70. The molecule has 3 N–H and O–H groups in total. The molecule has 0 aliphatic carbocycles. The van der Waals surface area contributed by atoms with Crippen LogP contribution in [0.3, 0.4) is 0 Å². The van der Waals surface area contributed by atoms with Gasteiger partial charge in [0.05, 0.1) is 12.8 Å². The van der Waals surface area contributed by atoms with Gasteiger partial charge < -0.3 is 10.1 Å². The standard InChI is InChI=1S/C13H20N2O4S/c1-5-9(3)13(16)15-10-6-8(2)7-11(12(10)19-4)20(14,17)18/h6-7,9H,5H2,1-4H3,(H,15,16)(H2,14,17,18). The van der Waals surface area contributed by atoms with E-state index in [9.17, 15) is 13.2 Å². The van der Waals surface area contributed by atoms with Crippen LogP contribution < -0.4 is 15.2 Å². The first-order chi connectivity index (χ1) is 9.20. The van der Waals surface area contributed by atoms with E-state index in [4.69, 9.17) is 9.88 Å². The minimum Gasteiger partial charge on any atom is -0.493 e. The van der Waals surface area contributed by atoms with Crippen molar-refractivity contribution < 1.29 is 17.9 Å². The smallest absolute Gasteiger partial charge is 0.241 e. The summed E-state index contributed by atoms with van der Waals surface area (Å²) in [6, 6.07) is 3.06. The van der Waals surface area contributed by atoms with Crippen LogP contribution in [0, 0.1) is 12.8 Å². The zero-order valence-corrected chi connectivity index (χ0v) is 12.9. The van der Waals surface area contributed by atoms with Gasteiger partial charge in [0.25, 0.3) is 0 Å². The highest BCUT2D eigenvalue weighted by Gasteiger charge is 2.21. The van der Waals surface area contributed by atoms with E-state index in [-0.39, 0.29) is 22.5 Å². The van der Waals surface area contributed by atoms with Gasteiger partial charge in [-0.2, -0.15) is 0 Å². The predicted molar refractivity (Wildman–Crippen MR) is 77.2 cm³/mol. The van der Waals surface area contributed by atoms with E-state index in [0.29, 0.717) is 17.7 Å². The third-order valence-corrected chi connectivity index (χ3v) is 3.94. The van der Waals surface area contributed by atoms with Crippen LogP contribution in [0.4, 0.5) is 5.69 Å². The van der Waals surface area contributed by atoms with Crippen molar-refractivity contribution in [3.63, 3.8) is 0 Å². The highest BCUT2D eigenvalue weighted by Crippen LogP contribution is 2.33. The Hall–Kier alpha value is -1.60. The van der Waals surface area contributed by atoms with Gasteiger partial charge in [0.15, 0.2) is 5.75 Å². The van der Waals surface area contributed by atoms with Crippen LogP contribution in [0.5, 0.6) is 5.75 Å². The molecule has 0 radical (unpaired) electrons. The summed E-state index contributed by atoms with van der Waals surface area (Å²) in [6.45, 7) is 5.40. The zero-order chi connectivity index (χ0) is 15.5. The second-order valence-electron chi connectivity index (χ2n) is 4.69. The van der Waals surface area contributed by atoms with E-state index >= 15 is 0 Å². The summed E-state index contributed by atoms with van der Waals surface area (Å²) in [7, 11) is -2.60. The third kappa shape index (κ3) is 3.71. The summed E-state index contributed by atoms with van der Waals surface area (Å²) < 4.78 is 28.3. The van der Waals surface area contributed by atoms with E-state index in [2.05, 4.69) is 5.32 Å². The molecular formula is C13H20N2O4S. The summed E-state index contributed by atoms with van der Waals surface area (Å²) in [4.78, 5) is 11.8. The van der Waals surface area contributed by atoms with Gasteiger partial charge in [-0.25, -0.2) is 13.6 Å². The summed E-state index contributed by atoms with van der Waals surface area (Å²) >= 11 is 0. The molecule has 1 rings (SSSR count). The molecule has 0 spiro atoms. The fraction of sp³-hybridized carbons (Fsp3) is 0.462. The first kappa shape index (κ1) is 16.5. The molecule has 20 heavy (non-hydrogen) atoms. The van der Waals surface area contributed by atoms with Crippen molar-refractivity contribution >= 4 is 21.6 Å². The fourth-order valence-corrected chi connectivity index (χ4v) is 2.50. The van der Waals surface area contributed by atoms with Gasteiger partial charge in [-0.3, -0.25) is 4.79 Å². The minimum absolute atomic E-state index is 0.0507. The summed E-state index contributed by atoms with van der Waals surface area (Å²) in [6.07, 6.45) is 0.683. The molecule has 0 heterocycles. The molecule has 0 aliphatic heterocycles. The number of rotatable bonds is 5. The molecule has 1 amide bonds. The van der Waals surface area contributed by atoms with E-state index < -0.39 is 10.0 Å². The number of nitrogens with one attached hydrogen (secondary N) is 1. The Kier molecular flexibility index (Phi) is 5.13. The number of methoxy groups -OCH3 is 1. The number of carbonyl (C=O) groups excluding carboxylic acids is 1. The second-order valence-corrected chi connectivity index (χ2v) is 6.22. The first-order valence-corrected chi connectivity index (χ1v) is 7.77. The van der Waals surface area contributed by atoms with Crippen LogP contribution >= 0.6 is 0 Å². The number of benzene rings is 1. The van der Waals surface area contributed by atoms with Gasteiger partial charge in [-0.05, 0) is 31.0 Å². The number of aryl methyl sites for hydroxylation is 1. The molecule has 6 nitrogen and oxygen atoms in total. The van der Waals surface area contributed by atoms with Crippen molar-refractivity contribution in [3.05, 3.63) is 17.7 Å². The molecule has 112 valence electrons. The van der Waals surface area contributed by atoms with Gasteiger partial charge >= 0.3 is 0 Å². The normalized spacial score (nSPS) is 12.8. The molecule has 0 saturated heterocycles. The number of ether oxygens (including phenoxy) is 1.